The predicted molar refractivity (Wildman–Crippen MR) is 143 cm³/mol. The highest BCUT2D eigenvalue weighted by atomic mass is 35.5. The number of aryl methyl sites for hydroxylation is 1. The third-order valence-corrected chi connectivity index (χ3v) is 6.35. The van der Waals surface area contributed by atoms with Crippen molar-refractivity contribution in [2.45, 2.75) is 44.8 Å². The molecule has 3 aromatic rings. The third-order valence-electron chi connectivity index (χ3n) is 6.12. The molecule has 0 aliphatic heterocycles. The first-order chi connectivity index (χ1) is 16.9. The van der Waals surface area contributed by atoms with Crippen LogP contribution in [-0.4, -0.2) is 35.4 Å². The van der Waals surface area contributed by atoms with Crippen LogP contribution in [0, 0.1) is 0 Å². The third kappa shape index (κ3) is 7.14. The molecule has 0 unspecified atom stereocenters. The van der Waals surface area contributed by atoms with E-state index in [4.69, 9.17) is 21.1 Å². The first kappa shape index (κ1) is 27.8. The summed E-state index contributed by atoms with van der Waals surface area (Å²) in [5, 5.41) is 24.2. The lowest BCUT2D eigenvalue weighted by Gasteiger charge is -2.27. The SMILES string of the molecule is CCCOc1ccc(Oc2ccc3c(c2)C[C@@H](NC[C@H](O)c2cccc(Cl)c2)CC3)cc1C(=O)O.Cl. The molecular weight excluding hydrogens is 501 g/mol. The number of halogens is 2. The van der Waals surface area contributed by atoms with Gasteiger partial charge < -0.3 is 25.0 Å². The van der Waals surface area contributed by atoms with Gasteiger partial charge in [0.2, 0.25) is 0 Å². The van der Waals surface area contributed by atoms with Gasteiger partial charge in [-0.2, -0.15) is 0 Å². The van der Waals surface area contributed by atoms with Crippen LogP contribution in [0.3, 0.4) is 0 Å². The number of rotatable bonds is 10. The summed E-state index contributed by atoms with van der Waals surface area (Å²) in [5.74, 6) is 0.384. The van der Waals surface area contributed by atoms with Gasteiger partial charge in [-0.05, 0) is 84.8 Å². The first-order valence-electron chi connectivity index (χ1n) is 11.9. The van der Waals surface area contributed by atoms with Gasteiger partial charge in [0.1, 0.15) is 22.8 Å². The van der Waals surface area contributed by atoms with Crippen molar-refractivity contribution in [1.29, 1.82) is 0 Å². The van der Waals surface area contributed by atoms with Crippen molar-refractivity contribution < 1.29 is 24.5 Å². The van der Waals surface area contributed by atoms with Crippen LogP contribution in [0.1, 0.15) is 52.9 Å². The molecule has 4 rings (SSSR count). The number of aromatic carboxylic acids is 1. The molecule has 0 spiro atoms. The lowest BCUT2D eigenvalue weighted by molar-refractivity contribution is 0.0691. The van der Waals surface area contributed by atoms with Crippen LogP contribution >= 0.6 is 24.0 Å². The van der Waals surface area contributed by atoms with E-state index in [9.17, 15) is 15.0 Å². The fourth-order valence-electron chi connectivity index (χ4n) is 4.29. The number of carboxylic acids is 1. The average Bonchev–Trinajstić information content (AvgIpc) is 2.86. The Morgan fingerprint density at radius 3 is 2.64 bits per heavy atom. The van der Waals surface area contributed by atoms with Gasteiger partial charge in [0.05, 0.1) is 12.7 Å². The van der Waals surface area contributed by atoms with Crippen molar-refractivity contribution in [3.05, 3.63) is 87.9 Å². The van der Waals surface area contributed by atoms with Gasteiger partial charge in [0.25, 0.3) is 0 Å². The number of nitrogens with one attached hydrogen (secondary N) is 1. The van der Waals surface area contributed by atoms with Crippen molar-refractivity contribution in [3.8, 4) is 17.2 Å². The zero-order valence-electron chi connectivity index (χ0n) is 20.1. The summed E-state index contributed by atoms with van der Waals surface area (Å²) < 4.78 is 11.6. The molecule has 36 heavy (non-hydrogen) atoms. The van der Waals surface area contributed by atoms with E-state index < -0.39 is 12.1 Å². The monoisotopic (exact) mass is 531 g/mol. The minimum atomic E-state index is -1.05. The van der Waals surface area contributed by atoms with E-state index in [2.05, 4.69) is 11.4 Å². The fourth-order valence-corrected chi connectivity index (χ4v) is 4.49. The lowest BCUT2D eigenvalue weighted by atomic mass is 9.88. The standard InChI is InChI=1S/C28H30ClNO5.ClH/c1-2-12-34-27-11-10-24(16-25(27)28(32)33)35-23-9-7-18-6-8-22(14-20(18)15-23)30-17-26(31)19-4-3-5-21(29)13-19;/h3-5,7,9-11,13,15-16,22,26,30-31H,2,6,8,12,14,17H2,1H3,(H,32,33);1H/t22-,26-;/m0./s1. The highest BCUT2D eigenvalue weighted by Gasteiger charge is 2.21. The maximum absolute atomic E-state index is 11.7. The summed E-state index contributed by atoms with van der Waals surface area (Å²) >= 11 is 6.04. The van der Waals surface area contributed by atoms with Crippen LogP contribution in [0.4, 0.5) is 0 Å². The summed E-state index contributed by atoms with van der Waals surface area (Å²) in [6.45, 7) is 2.87. The quantitative estimate of drug-likeness (QED) is 0.287. The molecular formula is C28H31Cl2NO5. The molecule has 1 aliphatic rings. The summed E-state index contributed by atoms with van der Waals surface area (Å²) in [7, 11) is 0. The molecule has 3 aromatic carbocycles. The number of fused-ring (bicyclic) bond motifs is 1. The largest absolute Gasteiger partial charge is 0.493 e. The van der Waals surface area contributed by atoms with Gasteiger partial charge in [-0.3, -0.25) is 0 Å². The minimum absolute atomic E-state index is 0. The number of aliphatic hydroxyl groups excluding tert-OH is 1. The molecule has 192 valence electrons. The molecule has 1 aliphatic carbocycles. The van der Waals surface area contributed by atoms with Gasteiger partial charge >= 0.3 is 5.97 Å². The minimum Gasteiger partial charge on any atom is -0.493 e. The molecule has 6 nitrogen and oxygen atoms in total. The van der Waals surface area contributed by atoms with Crippen LogP contribution < -0.4 is 14.8 Å². The molecule has 0 heterocycles. The molecule has 3 N–H and O–H groups in total. The average molecular weight is 532 g/mol. The van der Waals surface area contributed by atoms with E-state index in [1.807, 2.05) is 31.2 Å². The summed E-state index contributed by atoms with van der Waals surface area (Å²) in [5.41, 5.74) is 3.34. The van der Waals surface area contributed by atoms with E-state index in [0.717, 1.165) is 31.2 Å². The molecule has 0 bridgehead atoms. The Labute approximate surface area is 222 Å². The van der Waals surface area contributed by atoms with E-state index >= 15 is 0 Å². The Bertz CT molecular complexity index is 1190. The zero-order chi connectivity index (χ0) is 24.8. The molecule has 0 aromatic heterocycles. The Morgan fingerprint density at radius 2 is 1.89 bits per heavy atom. The van der Waals surface area contributed by atoms with Gasteiger partial charge in [0.15, 0.2) is 0 Å². The van der Waals surface area contributed by atoms with Crippen LogP contribution in [0.5, 0.6) is 17.2 Å². The molecule has 8 heteroatoms. The Hall–Kier alpha value is -2.77. The molecule has 0 saturated carbocycles. The van der Waals surface area contributed by atoms with Crippen LogP contribution in [0.15, 0.2) is 60.7 Å². The summed E-state index contributed by atoms with van der Waals surface area (Å²) in [6, 6.07) is 18.4. The Kier molecular flexibility index (Phi) is 10.0. The lowest BCUT2D eigenvalue weighted by Crippen LogP contribution is -2.37. The van der Waals surface area contributed by atoms with Crippen molar-refractivity contribution in [1.82, 2.24) is 5.32 Å². The van der Waals surface area contributed by atoms with Crippen LogP contribution in [0.2, 0.25) is 5.02 Å². The second-order valence-corrected chi connectivity index (χ2v) is 9.20. The molecule has 0 amide bonds. The van der Waals surface area contributed by atoms with Crippen molar-refractivity contribution in [3.63, 3.8) is 0 Å². The molecule has 0 radical (unpaired) electrons. The number of hydrogen-bond donors (Lipinski definition) is 3. The maximum atomic E-state index is 11.7. The Morgan fingerprint density at radius 1 is 1.11 bits per heavy atom. The van der Waals surface area contributed by atoms with Crippen LogP contribution in [-0.2, 0) is 12.8 Å². The van der Waals surface area contributed by atoms with Crippen molar-refractivity contribution in [2.24, 2.45) is 0 Å². The van der Waals surface area contributed by atoms with E-state index in [1.165, 1.54) is 17.2 Å². The predicted octanol–water partition coefficient (Wildman–Crippen LogP) is 6.22. The van der Waals surface area contributed by atoms with E-state index in [-0.39, 0.29) is 24.0 Å². The first-order valence-corrected chi connectivity index (χ1v) is 12.3. The number of hydrogen-bond acceptors (Lipinski definition) is 5. The maximum Gasteiger partial charge on any atom is 0.339 e. The van der Waals surface area contributed by atoms with Crippen LogP contribution in [0.25, 0.3) is 0 Å². The second kappa shape index (κ2) is 13.0. The number of aliphatic hydroxyl groups is 1. The van der Waals surface area contributed by atoms with Crippen molar-refractivity contribution >= 4 is 30.0 Å². The van der Waals surface area contributed by atoms with Crippen molar-refractivity contribution in [2.75, 3.05) is 13.2 Å². The zero-order valence-corrected chi connectivity index (χ0v) is 21.6. The number of ether oxygens (including phenoxy) is 2. The van der Waals surface area contributed by atoms with Gasteiger partial charge in [-0.25, -0.2) is 4.79 Å². The normalized spacial score (nSPS) is 15.4. The summed E-state index contributed by atoms with van der Waals surface area (Å²) in [4.78, 5) is 11.7. The topological polar surface area (TPSA) is 88.0 Å². The van der Waals surface area contributed by atoms with Gasteiger partial charge in [0, 0.05) is 17.6 Å². The highest BCUT2D eigenvalue weighted by molar-refractivity contribution is 6.30. The van der Waals surface area contributed by atoms with E-state index in [1.54, 1.807) is 24.3 Å². The molecule has 0 fully saturated rings. The van der Waals surface area contributed by atoms with Gasteiger partial charge in [-0.15, -0.1) is 12.4 Å². The highest BCUT2D eigenvalue weighted by Crippen LogP contribution is 2.31. The molecule has 2 atom stereocenters. The summed E-state index contributed by atoms with van der Waals surface area (Å²) in [6.07, 6.45) is 2.91. The van der Waals surface area contributed by atoms with E-state index in [0.29, 0.717) is 35.4 Å². The second-order valence-electron chi connectivity index (χ2n) is 8.76. The Balaban J connectivity index is 0.00000361. The smallest absolute Gasteiger partial charge is 0.339 e. The number of carbonyl (C=O) groups is 1. The molecule has 0 saturated heterocycles. The fraction of sp³-hybridized carbons (Fsp3) is 0.321. The van der Waals surface area contributed by atoms with Gasteiger partial charge in [-0.1, -0.05) is 36.7 Å². The number of carboxylic acid groups (broad SMARTS) is 1. The number of benzene rings is 3.